The Kier molecular flexibility index (Phi) is 4.90. The molecule has 0 aliphatic heterocycles. The molecular formula is C15H16N2O2S. The van der Waals surface area contributed by atoms with Crippen LogP contribution in [0, 0.1) is 0 Å². The van der Waals surface area contributed by atoms with Gasteiger partial charge in [0.1, 0.15) is 0 Å². The topological polar surface area (TPSA) is 61.4 Å². The summed E-state index contributed by atoms with van der Waals surface area (Å²) in [4.78, 5) is 10.4. The van der Waals surface area contributed by atoms with Crippen molar-refractivity contribution in [1.82, 2.24) is 5.32 Å². The van der Waals surface area contributed by atoms with E-state index in [2.05, 4.69) is 10.6 Å². The van der Waals surface area contributed by atoms with Crippen LogP contribution in [0.5, 0.6) is 0 Å². The van der Waals surface area contributed by atoms with Crippen LogP contribution in [0.4, 0.5) is 5.69 Å². The van der Waals surface area contributed by atoms with E-state index in [1.165, 1.54) is 0 Å². The Morgan fingerprint density at radius 2 is 1.90 bits per heavy atom. The van der Waals surface area contributed by atoms with Gasteiger partial charge in [0.15, 0.2) is 5.11 Å². The average Bonchev–Trinajstić information content (AvgIpc) is 2.44. The van der Waals surface area contributed by atoms with E-state index >= 15 is 0 Å². The molecule has 0 aliphatic rings. The molecule has 0 fully saturated rings. The van der Waals surface area contributed by atoms with Crippen molar-refractivity contribution in [3.63, 3.8) is 0 Å². The fraction of sp³-hybridized carbons (Fsp3) is 0.200. The monoisotopic (exact) mass is 288 g/mol. The first kappa shape index (κ1) is 14.3. The highest BCUT2D eigenvalue weighted by Gasteiger charge is 2.02. The Labute approximate surface area is 122 Å². The van der Waals surface area contributed by atoms with Crippen LogP contribution < -0.4 is 10.6 Å². The Balaban J connectivity index is 1.94. The number of hydrogen-bond donors (Lipinski definition) is 3. The van der Waals surface area contributed by atoms with Crippen LogP contribution in [0.15, 0.2) is 42.5 Å². The third-order valence-corrected chi connectivity index (χ3v) is 3.14. The van der Waals surface area contributed by atoms with Gasteiger partial charge < -0.3 is 15.7 Å². The largest absolute Gasteiger partial charge is 0.481 e. The average molecular weight is 288 g/mol. The van der Waals surface area contributed by atoms with E-state index in [-0.39, 0.29) is 6.42 Å². The predicted molar refractivity (Wildman–Crippen MR) is 85.0 cm³/mol. The van der Waals surface area contributed by atoms with Crippen LogP contribution in [-0.2, 0) is 4.79 Å². The Hall–Kier alpha value is -2.14. The molecule has 0 amide bonds. The first-order valence-electron chi connectivity index (χ1n) is 6.41. The molecule has 0 heterocycles. The maximum atomic E-state index is 10.4. The van der Waals surface area contributed by atoms with Gasteiger partial charge in [0.05, 0.1) is 0 Å². The van der Waals surface area contributed by atoms with Gasteiger partial charge in [-0.2, -0.15) is 0 Å². The van der Waals surface area contributed by atoms with Crippen LogP contribution in [0.1, 0.15) is 12.8 Å². The van der Waals surface area contributed by atoms with E-state index in [4.69, 9.17) is 17.3 Å². The number of carboxylic acid groups (broad SMARTS) is 1. The Bertz CT molecular complexity index is 623. The van der Waals surface area contributed by atoms with Crippen LogP contribution in [0.3, 0.4) is 0 Å². The number of anilines is 1. The molecule has 2 rings (SSSR count). The standard InChI is InChI=1S/C15H16N2O2S/c18-14(19)9-4-10-16-15(20)17-13-8-3-6-11-5-1-2-7-12(11)13/h1-3,5-8H,4,9-10H2,(H,18,19)(H2,16,17,20). The highest BCUT2D eigenvalue weighted by atomic mass is 32.1. The van der Waals surface area contributed by atoms with E-state index in [1.807, 2.05) is 42.5 Å². The smallest absolute Gasteiger partial charge is 0.303 e. The second-order valence-electron chi connectivity index (χ2n) is 4.40. The number of rotatable bonds is 5. The van der Waals surface area contributed by atoms with Gasteiger partial charge in [0.2, 0.25) is 0 Å². The lowest BCUT2D eigenvalue weighted by atomic mass is 10.1. The van der Waals surface area contributed by atoms with Gasteiger partial charge in [0.25, 0.3) is 0 Å². The molecule has 20 heavy (non-hydrogen) atoms. The van der Waals surface area contributed by atoms with Crippen molar-refractivity contribution in [3.05, 3.63) is 42.5 Å². The Morgan fingerprint density at radius 1 is 1.15 bits per heavy atom. The van der Waals surface area contributed by atoms with Gasteiger partial charge >= 0.3 is 5.97 Å². The summed E-state index contributed by atoms with van der Waals surface area (Å²) in [5.74, 6) is -0.792. The first-order chi connectivity index (χ1) is 9.66. The maximum absolute atomic E-state index is 10.4. The molecule has 2 aromatic rings. The van der Waals surface area contributed by atoms with Gasteiger partial charge in [-0.3, -0.25) is 4.79 Å². The molecule has 5 heteroatoms. The molecule has 0 saturated carbocycles. The summed E-state index contributed by atoms with van der Waals surface area (Å²) in [5, 5.41) is 17.5. The molecule has 4 nitrogen and oxygen atoms in total. The number of nitrogens with one attached hydrogen (secondary N) is 2. The number of aliphatic carboxylic acids is 1. The lowest BCUT2D eigenvalue weighted by Crippen LogP contribution is -2.29. The van der Waals surface area contributed by atoms with Crippen LogP contribution in [0.2, 0.25) is 0 Å². The van der Waals surface area contributed by atoms with E-state index in [1.54, 1.807) is 0 Å². The summed E-state index contributed by atoms with van der Waals surface area (Å²) in [6, 6.07) is 14.0. The quantitative estimate of drug-likeness (QED) is 0.583. The molecule has 0 radical (unpaired) electrons. The number of thiocarbonyl (C=S) groups is 1. The van der Waals surface area contributed by atoms with Gasteiger partial charge in [-0.25, -0.2) is 0 Å². The van der Waals surface area contributed by atoms with Gasteiger partial charge in [-0.15, -0.1) is 0 Å². The molecule has 0 aromatic heterocycles. The van der Waals surface area contributed by atoms with Crippen LogP contribution >= 0.6 is 12.2 Å². The SMILES string of the molecule is O=C(O)CCCNC(=S)Nc1cccc2ccccc12. The first-order valence-corrected chi connectivity index (χ1v) is 6.82. The number of hydrogen-bond acceptors (Lipinski definition) is 2. The highest BCUT2D eigenvalue weighted by Crippen LogP contribution is 2.22. The fourth-order valence-corrected chi connectivity index (χ4v) is 2.15. The summed E-state index contributed by atoms with van der Waals surface area (Å²) in [6.45, 7) is 0.545. The minimum Gasteiger partial charge on any atom is -0.481 e. The molecular weight excluding hydrogens is 272 g/mol. The molecule has 0 spiro atoms. The Morgan fingerprint density at radius 3 is 2.70 bits per heavy atom. The number of benzene rings is 2. The van der Waals surface area contributed by atoms with Crippen molar-refractivity contribution in [2.75, 3.05) is 11.9 Å². The number of carboxylic acids is 1. The zero-order chi connectivity index (χ0) is 14.4. The summed E-state index contributed by atoms with van der Waals surface area (Å²) in [5.41, 5.74) is 0.943. The van der Waals surface area contributed by atoms with Crippen molar-refractivity contribution in [1.29, 1.82) is 0 Å². The normalized spacial score (nSPS) is 10.2. The van der Waals surface area contributed by atoms with Crippen molar-refractivity contribution in [3.8, 4) is 0 Å². The zero-order valence-corrected chi connectivity index (χ0v) is 11.7. The van der Waals surface area contributed by atoms with Crippen molar-refractivity contribution >= 4 is 39.8 Å². The second-order valence-corrected chi connectivity index (χ2v) is 4.81. The molecule has 0 unspecified atom stereocenters. The van der Waals surface area contributed by atoms with Crippen molar-refractivity contribution in [2.45, 2.75) is 12.8 Å². The molecule has 3 N–H and O–H groups in total. The summed E-state index contributed by atoms with van der Waals surface area (Å²) >= 11 is 5.21. The molecule has 104 valence electrons. The summed E-state index contributed by atoms with van der Waals surface area (Å²) < 4.78 is 0. The van der Waals surface area contributed by atoms with Gasteiger partial charge in [-0.1, -0.05) is 36.4 Å². The zero-order valence-electron chi connectivity index (χ0n) is 10.9. The number of fused-ring (bicyclic) bond motifs is 1. The van der Waals surface area contributed by atoms with Crippen LogP contribution in [-0.4, -0.2) is 22.7 Å². The minimum absolute atomic E-state index is 0.143. The molecule has 0 aliphatic carbocycles. The second kappa shape index (κ2) is 6.86. The third kappa shape index (κ3) is 3.93. The van der Waals surface area contributed by atoms with Gasteiger partial charge in [0, 0.05) is 24.0 Å². The lowest BCUT2D eigenvalue weighted by Gasteiger charge is -2.12. The summed E-state index contributed by atoms with van der Waals surface area (Å²) in [7, 11) is 0. The molecule has 0 bridgehead atoms. The summed E-state index contributed by atoms with van der Waals surface area (Å²) in [6.07, 6.45) is 0.691. The van der Waals surface area contributed by atoms with E-state index < -0.39 is 5.97 Å². The van der Waals surface area contributed by atoms with Crippen LogP contribution in [0.25, 0.3) is 10.8 Å². The fourth-order valence-electron chi connectivity index (χ4n) is 1.94. The molecule has 0 saturated heterocycles. The van der Waals surface area contributed by atoms with E-state index in [0.29, 0.717) is 18.1 Å². The molecule has 0 atom stereocenters. The maximum Gasteiger partial charge on any atom is 0.303 e. The van der Waals surface area contributed by atoms with E-state index in [0.717, 1.165) is 16.5 Å². The lowest BCUT2D eigenvalue weighted by molar-refractivity contribution is -0.137. The van der Waals surface area contributed by atoms with Crippen molar-refractivity contribution in [2.24, 2.45) is 0 Å². The minimum atomic E-state index is -0.792. The predicted octanol–water partition coefficient (Wildman–Crippen LogP) is 2.99. The third-order valence-electron chi connectivity index (χ3n) is 2.89. The highest BCUT2D eigenvalue weighted by molar-refractivity contribution is 7.80. The van der Waals surface area contributed by atoms with Crippen molar-refractivity contribution < 1.29 is 9.90 Å². The van der Waals surface area contributed by atoms with Gasteiger partial charge in [-0.05, 0) is 30.1 Å². The number of carbonyl (C=O) groups is 1. The molecule has 2 aromatic carbocycles. The van der Waals surface area contributed by atoms with E-state index in [9.17, 15) is 4.79 Å².